The third-order valence-electron chi connectivity index (χ3n) is 17.5. The number of anilines is 6. The van der Waals surface area contributed by atoms with E-state index in [1.165, 1.54) is 33.4 Å². The minimum Gasteiger partial charge on any atom is -0.310 e. The molecule has 12 aromatic rings. The monoisotopic (exact) mass is 1060 g/mol. The average Bonchev–Trinajstić information content (AvgIpc) is 1.63. The molecule has 0 N–H and O–H groups in total. The molecule has 0 aliphatic heterocycles. The Kier molecular flexibility index (Phi) is 12.1. The highest BCUT2D eigenvalue weighted by molar-refractivity contribution is 6.19. The van der Waals surface area contributed by atoms with Gasteiger partial charge in [0.05, 0.1) is 0 Å². The second-order valence-corrected chi connectivity index (χ2v) is 23.3. The van der Waals surface area contributed by atoms with Crippen LogP contribution in [0.5, 0.6) is 0 Å². The molecule has 396 valence electrons. The van der Waals surface area contributed by atoms with Gasteiger partial charge in [-0.3, -0.25) is 0 Å². The first-order chi connectivity index (χ1) is 39.8. The maximum atomic E-state index is 16.2. The first-order valence-electron chi connectivity index (χ1n) is 28.4. The Morgan fingerprint density at radius 3 is 0.951 bits per heavy atom. The molecule has 0 atom stereocenters. The smallest absolute Gasteiger partial charge is 0.123 e. The van der Waals surface area contributed by atoms with E-state index < -0.39 is 10.8 Å². The summed E-state index contributed by atoms with van der Waals surface area (Å²) in [7, 11) is 0. The zero-order valence-electron chi connectivity index (χ0n) is 46.9. The van der Waals surface area contributed by atoms with Crippen molar-refractivity contribution >= 4 is 44.9 Å². The molecule has 0 spiro atoms. The number of halogens is 2. The van der Waals surface area contributed by atoms with Crippen LogP contribution in [0.15, 0.2) is 255 Å². The average molecular weight is 1060 g/mol. The van der Waals surface area contributed by atoms with Crippen molar-refractivity contribution < 1.29 is 8.78 Å². The normalized spacial score (nSPS) is 13.3. The summed E-state index contributed by atoms with van der Waals surface area (Å²) in [5.41, 5.74) is 24.4. The van der Waals surface area contributed by atoms with Gasteiger partial charge in [0.25, 0.3) is 0 Å². The number of rotatable bonds is 10. The molecular formula is C78H60F2N2. The SMILES string of the molecule is Cc1ccc(N(c2ccccc2)c2ccc3c(c2)C(C)(C)c2cc4c(-c5ccc(F)cc5-c5ccccc5)c5c(cc4c(-c4ccc(F)cc4-c4ccccc4)c2-3)C(C)(C)c2cc(N(c3ccccc3)c3ccc(C)cc3)ccc2-5)cc1. The predicted molar refractivity (Wildman–Crippen MR) is 340 cm³/mol. The molecule has 4 heteroatoms. The summed E-state index contributed by atoms with van der Waals surface area (Å²) in [5.74, 6) is -0.602. The topological polar surface area (TPSA) is 6.48 Å². The first-order valence-corrected chi connectivity index (χ1v) is 28.4. The summed E-state index contributed by atoms with van der Waals surface area (Å²) in [5, 5.41) is 2.09. The van der Waals surface area contributed by atoms with Crippen LogP contribution < -0.4 is 9.80 Å². The van der Waals surface area contributed by atoms with Crippen molar-refractivity contribution in [3.05, 3.63) is 300 Å². The lowest BCUT2D eigenvalue weighted by molar-refractivity contribution is 0.628. The van der Waals surface area contributed by atoms with Gasteiger partial charge in [-0.1, -0.05) is 184 Å². The van der Waals surface area contributed by atoms with Crippen molar-refractivity contribution in [2.75, 3.05) is 9.80 Å². The summed E-state index contributed by atoms with van der Waals surface area (Å²) >= 11 is 0. The third-order valence-corrected chi connectivity index (χ3v) is 17.5. The van der Waals surface area contributed by atoms with Crippen LogP contribution >= 0.6 is 0 Å². The number of hydrogen-bond donors (Lipinski definition) is 0. The Balaban J connectivity index is 1.10. The molecular weight excluding hydrogens is 1000 g/mol. The molecule has 0 unspecified atom stereocenters. The van der Waals surface area contributed by atoms with Crippen molar-refractivity contribution in [1.29, 1.82) is 0 Å². The van der Waals surface area contributed by atoms with E-state index in [9.17, 15) is 0 Å². The molecule has 0 radical (unpaired) electrons. The van der Waals surface area contributed by atoms with Crippen molar-refractivity contribution in [2.45, 2.75) is 52.4 Å². The summed E-state index contributed by atoms with van der Waals surface area (Å²) in [6.07, 6.45) is 0. The molecule has 0 bridgehead atoms. The van der Waals surface area contributed by atoms with Crippen molar-refractivity contribution in [3.63, 3.8) is 0 Å². The van der Waals surface area contributed by atoms with Gasteiger partial charge >= 0.3 is 0 Å². The zero-order chi connectivity index (χ0) is 56.0. The van der Waals surface area contributed by atoms with E-state index in [4.69, 9.17) is 0 Å². The lowest BCUT2D eigenvalue weighted by Crippen LogP contribution is -2.17. The van der Waals surface area contributed by atoms with E-state index >= 15 is 8.78 Å². The second-order valence-electron chi connectivity index (χ2n) is 23.3. The molecule has 14 rings (SSSR count). The summed E-state index contributed by atoms with van der Waals surface area (Å²) in [6, 6.07) is 88.6. The molecule has 0 amide bonds. The predicted octanol–water partition coefficient (Wildman–Crippen LogP) is 22.0. The zero-order valence-corrected chi connectivity index (χ0v) is 46.9. The minimum atomic E-state index is -0.531. The van der Waals surface area contributed by atoms with Crippen LogP contribution in [0, 0.1) is 25.5 Å². The lowest BCUT2D eigenvalue weighted by Gasteiger charge is -2.29. The van der Waals surface area contributed by atoms with Crippen LogP contribution in [-0.2, 0) is 10.8 Å². The second kappa shape index (κ2) is 19.6. The molecule has 12 aromatic carbocycles. The summed E-state index contributed by atoms with van der Waals surface area (Å²) in [4.78, 5) is 4.69. The van der Waals surface area contributed by atoms with Gasteiger partial charge in [0.1, 0.15) is 11.6 Å². The molecule has 0 saturated heterocycles. The number of hydrogen-bond acceptors (Lipinski definition) is 2. The molecule has 82 heavy (non-hydrogen) atoms. The summed E-state index contributed by atoms with van der Waals surface area (Å²) < 4.78 is 32.3. The van der Waals surface area contributed by atoms with Gasteiger partial charge in [0.2, 0.25) is 0 Å². The van der Waals surface area contributed by atoms with Crippen molar-refractivity contribution in [2.24, 2.45) is 0 Å². The molecule has 2 aliphatic rings. The fourth-order valence-corrected chi connectivity index (χ4v) is 13.4. The number of aryl methyl sites for hydroxylation is 2. The Morgan fingerprint density at radius 1 is 0.268 bits per heavy atom. The van der Waals surface area contributed by atoms with Crippen molar-refractivity contribution in [1.82, 2.24) is 0 Å². The van der Waals surface area contributed by atoms with Gasteiger partial charge in [0.15, 0.2) is 0 Å². The van der Waals surface area contributed by atoms with Crippen molar-refractivity contribution in [3.8, 4) is 66.8 Å². The molecule has 2 nitrogen and oxygen atoms in total. The molecule has 0 heterocycles. The Morgan fingerprint density at radius 2 is 0.585 bits per heavy atom. The third kappa shape index (κ3) is 8.27. The van der Waals surface area contributed by atoms with Gasteiger partial charge in [-0.05, 0) is 223 Å². The Labute approximate surface area is 479 Å². The summed E-state index contributed by atoms with van der Waals surface area (Å²) in [6.45, 7) is 13.7. The van der Waals surface area contributed by atoms with Crippen LogP contribution in [0.3, 0.4) is 0 Å². The van der Waals surface area contributed by atoms with Crippen LogP contribution in [0.4, 0.5) is 42.9 Å². The fourth-order valence-electron chi connectivity index (χ4n) is 13.4. The Hall–Kier alpha value is -9.64. The number of benzene rings is 12. The standard InChI is InChI=1S/C78H60F2N2/c1-49-27-33-57(34-28-49)81(55-23-15-9-16-24-55)59-37-41-63-69(45-59)77(3,4)71-47-67-68(73(75(63)71)61-39-31-53(79)43-65(61)51-19-11-7-12-20-51)48-72-76(74(67)62-40-32-54(80)44-66(62)52-21-13-8-14-22-52)64-42-38-60(46-70(64)78(72,5)6)82(56-25-17-10-18-26-56)58-35-29-50(2)30-36-58/h7-48H,1-6H3. The molecule has 0 aromatic heterocycles. The Bertz CT molecular complexity index is 4160. The largest absolute Gasteiger partial charge is 0.310 e. The van der Waals surface area contributed by atoms with Crippen LogP contribution in [-0.4, -0.2) is 0 Å². The highest BCUT2D eigenvalue weighted by Crippen LogP contribution is 2.62. The maximum absolute atomic E-state index is 16.2. The highest BCUT2D eigenvalue weighted by atomic mass is 19.1. The quantitative estimate of drug-likeness (QED) is 0.135. The van der Waals surface area contributed by atoms with E-state index in [0.29, 0.717) is 0 Å². The van der Waals surface area contributed by atoms with E-state index in [1.807, 2.05) is 48.5 Å². The van der Waals surface area contributed by atoms with Gasteiger partial charge in [-0.15, -0.1) is 0 Å². The minimum absolute atomic E-state index is 0.301. The first kappa shape index (κ1) is 50.6. The van der Waals surface area contributed by atoms with Gasteiger partial charge in [0, 0.05) is 45.0 Å². The van der Waals surface area contributed by atoms with E-state index in [0.717, 1.165) is 112 Å². The highest BCUT2D eigenvalue weighted by Gasteiger charge is 2.43. The molecule has 2 aliphatic carbocycles. The number of fused-ring (bicyclic) bond motifs is 7. The van der Waals surface area contributed by atoms with Crippen LogP contribution in [0.2, 0.25) is 0 Å². The van der Waals surface area contributed by atoms with E-state index in [1.54, 1.807) is 24.3 Å². The van der Waals surface area contributed by atoms with E-state index in [2.05, 4.69) is 233 Å². The number of nitrogens with zero attached hydrogens (tertiary/aromatic N) is 2. The van der Waals surface area contributed by atoms with Gasteiger partial charge < -0.3 is 9.80 Å². The molecule has 0 saturated carbocycles. The van der Waals surface area contributed by atoms with E-state index in [-0.39, 0.29) is 11.6 Å². The van der Waals surface area contributed by atoms with Gasteiger partial charge in [-0.25, -0.2) is 8.78 Å². The van der Waals surface area contributed by atoms with Crippen LogP contribution in [0.25, 0.3) is 77.5 Å². The maximum Gasteiger partial charge on any atom is 0.123 e. The van der Waals surface area contributed by atoms with Gasteiger partial charge in [-0.2, -0.15) is 0 Å². The number of para-hydroxylation sites is 2. The van der Waals surface area contributed by atoms with Crippen LogP contribution in [0.1, 0.15) is 61.1 Å². The molecule has 0 fully saturated rings. The lowest BCUT2D eigenvalue weighted by atomic mass is 9.75. The fraction of sp³-hybridized carbons (Fsp3) is 0.103.